The van der Waals surface area contributed by atoms with Crippen molar-refractivity contribution in [3.05, 3.63) is 11.6 Å². The maximum atomic E-state index is 12.7. The number of aliphatic carboxylic acids is 1. The minimum Gasteiger partial charge on any atom is -0.481 e. The zero-order valence-corrected chi connectivity index (χ0v) is 15.3. The summed E-state index contributed by atoms with van der Waals surface area (Å²) in [6, 6.07) is 0. The van der Waals surface area contributed by atoms with E-state index < -0.39 is 21.2 Å². The van der Waals surface area contributed by atoms with Gasteiger partial charge in [0.1, 0.15) is 9.84 Å². The van der Waals surface area contributed by atoms with Gasteiger partial charge in [-0.3, -0.25) is 9.59 Å². The molecule has 0 aromatic heterocycles. The lowest BCUT2D eigenvalue weighted by Crippen LogP contribution is -2.51. The summed E-state index contributed by atoms with van der Waals surface area (Å²) in [6.45, 7) is 4.65. The fourth-order valence-corrected chi connectivity index (χ4v) is 5.03. The minimum absolute atomic E-state index is 0.0547. The Morgan fingerprint density at radius 2 is 1.88 bits per heavy atom. The van der Waals surface area contributed by atoms with Crippen molar-refractivity contribution in [2.45, 2.75) is 46.0 Å². The predicted molar refractivity (Wildman–Crippen MR) is 91.3 cm³/mol. The highest BCUT2D eigenvalue weighted by Crippen LogP contribution is 2.36. The van der Waals surface area contributed by atoms with Crippen molar-refractivity contribution in [2.24, 2.45) is 11.3 Å². The van der Waals surface area contributed by atoms with Crippen LogP contribution in [0.4, 0.5) is 0 Å². The normalized spacial score (nSPS) is 27.5. The van der Waals surface area contributed by atoms with Crippen LogP contribution in [0.25, 0.3) is 0 Å². The number of sulfone groups is 1. The van der Waals surface area contributed by atoms with E-state index in [1.165, 1.54) is 0 Å². The van der Waals surface area contributed by atoms with E-state index in [9.17, 15) is 23.1 Å². The lowest BCUT2D eigenvalue weighted by Gasteiger charge is -2.41. The number of carbonyl (C=O) groups is 2. The molecule has 1 atom stereocenters. The molecular weight excluding hydrogens is 330 g/mol. The molecule has 136 valence electrons. The van der Waals surface area contributed by atoms with Crippen LogP contribution < -0.4 is 0 Å². The van der Waals surface area contributed by atoms with E-state index in [4.69, 9.17) is 0 Å². The Balaban J connectivity index is 2.09. The number of carboxylic acids is 1. The van der Waals surface area contributed by atoms with Gasteiger partial charge in [-0.05, 0) is 46.0 Å². The van der Waals surface area contributed by atoms with Gasteiger partial charge in [0.15, 0.2) is 0 Å². The average Bonchev–Trinajstić information content (AvgIpc) is 2.52. The fraction of sp³-hybridized carbons (Fsp3) is 0.765. The van der Waals surface area contributed by atoms with Gasteiger partial charge in [0.25, 0.3) is 0 Å². The molecule has 0 aromatic carbocycles. The Labute approximate surface area is 143 Å². The van der Waals surface area contributed by atoms with E-state index in [1.54, 1.807) is 4.90 Å². The van der Waals surface area contributed by atoms with Crippen LogP contribution in [-0.4, -0.2) is 54.9 Å². The Morgan fingerprint density at radius 1 is 1.25 bits per heavy atom. The predicted octanol–water partition coefficient (Wildman–Crippen LogP) is 1.86. The third-order valence-corrected chi connectivity index (χ3v) is 6.86. The number of likely N-dealkylation sites (tertiary alicyclic amines) is 1. The molecule has 2 aliphatic heterocycles. The summed E-state index contributed by atoms with van der Waals surface area (Å²) >= 11 is 0. The van der Waals surface area contributed by atoms with Crippen molar-refractivity contribution in [3.8, 4) is 0 Å². The molecule has 0 aliphatic carbocycles. The summed E-state index contributed by atoms with van der Waals surface area (Å²) in [4.78, 5) is 26.3. The number of nitrogens with zero attached hydrogens (tertiary/aromatic N) is 1. The number of amides is 1. The van der Waals surface area contributed by atoms with Gasteiger partial charge >= 0.3 is 5.97 Å². The number of piperidine rings is 1. The van der Waals surface area contributed by atoms with E-state index in [0.29, 0.717) is 38.6 Å². The molecule has 0 spiro atoms. The summed E-state index contributed by atoms with van der Waals surface area (Å²) in [7, 11) is -3.01. The van der Waals surface area contributed by atoms with Crippen LogP contribution in [-0.2, 0) is 19.4 Å². The first-order valence-corrected chi connectivity index (χ1v) is 10.3. The van der Waals surface area contributed by atoms with E-state index in [1.807, 2.05) is 19.9 Å². The van der Waals surface area contributed by atoms with Gasteiger partial charge in [0.05, 0.1) is 16.9 Å². The van der Waals surface area contributed by atoms with Crippen molar-refractivity contribution in [1.82, 2.24) is 4.90 Å². The molecule has 1 N–H and O–H groups in total. The molecular formula is C17H27NO5S. The second kappa shape index (κ2) is 7.25. The number of hydrogen-bond donors (Lipinski definition) is 1. The van der Waals surface area contributed by atoms with Crippen molar-refractivity contribution in [1.29, 1.82) is 0 Å². The molecule has 2 heterocycles. The summed E-state index contributed by atoms with van der Waals surface area (Å²) < 4.78 is 23.1. The average molecular weight is 357 g/mol. The van der Waals surface area contributed by atoms with Gasteiger partial charge in [-0.2, -0.15) is 0 Å². The Bertz CT molecular complexity index is 621. The van der Waals surface area contributed by atoms with E-state index in [0.717, 1.165) is 5.57 Å². The van der Waals surface area contributed by atoms with E-state index in [-0.39, 0.29) is 29.9 Å². The Kier molecular flexibility index (Phi) is 5.73. The van der Waals surface area contributed by atoms with Crippen LogP contribution in [0.15, 0.2) is 11.6 Å². The largest absolute Gasteiger partial charge is 0.481 e. The van der Waals surface area contributed by atoms with Crippen LogP contribution in [0.2, 0.25) is 0 Å². The SMILES string of the molecule is CC(C)=CCC1(C(=O)O)CCCN(C(=O)C2CCS(=O)(=O)CC2)C1. The van der Waals surface area contributed by atoms with Crippen molar-refractivity contribution < 1.29 is 23.1 Å². The molecule has 2 fully saturated rings. The van der Waals surface area contributed by atoms with Gasteiger partial charge in [-0.25, -0.2) is 8.42 Å². The lowest BCUT2D eigenvalue weighted by molar-refractivity contribution is -0.155. The van der Waals surface area contributed by atoms with Gasteiger partial charge in [-0.15, -0.1) is 0 Å². The third kappa shape index (κ3) is 4.37. The van der Waals surface area contributed by atoms with Crippen LogP contribution in [0, 0.1) is 11.3 Å². The lowest BCUT2D eigenvalue weighted by atomic mass is 9.76. The fourth-order valence-electron chi connectivity index (χ4n) is 3.54. The smallest absolute Gasteiger partial charge is 0.311 e. The number of rotatable bonds is 4. The van der Waals surface area contributed by atoms with Gasteiger partial charge in [0.2, 0.25) is 5.91 Å². The van der Waals surface area contributed by atoms with Gasteiger partial charge in [0, 0.05) is 19.0 Å². The van der Waals surface area contributed by atoms with Crippen LogP contribution >= 0.6 is 0 Å². The second-order valence-corrected chi connectivity index (χ2v) is 9.66. The maximum Gasteiger partial charge on any atom is 0.311 e. The Hall–Kier alpha value is -1.37. The summed E-state index contributed by atoms with van der Waals surface area (Å²) in [5, 5.41) is 9.73. The molecule has 2 rings (SSSR count). The molecule has 0 radical (unpaired) electrons. The number of hydrogen-bond acceptors (Lipinski definition) is 4. The minimum atomic E-state index is -3.01. The first kappa shape index (κ1) is 19.0. The molecule has 1 amide bonds. The molecule has 0 bridgehead atoms. The molecule has 0 saturated carbocycles. The topological polar surface area (TPSA) is 91.8 Å². The van der Waals surface area contributed by atoms with Gasteiger partial charge in [-0.1, -0.05) is 11.6 Å². The first-order chi connectivity index (χ1) is 11.2. The van der Waals surface area contributed by atoms with Crippen molar-refractivity contribution >= 4 is 21.7 Å². The number of carbonyl (C=O) groups excluding carboxylic acids is 1. The molecule has 0 aromatic rings. The van der Waals surface area contributed by atoms with Crippen LogP contribution in [0.1, 0.15) is 46.0 Å². The van der Waals surface area contributed by atoms with E-state index in [2.05, 4.69) is 0 Å². The number of allylic oxidation sites excluding steroid dienone is 2. The molecule has 7 heteroatoms. The highest BCUT2D eigenvalue weighted by molar-refractivity contribution is 7.91. The highest BCUT2D eigenvalue weighted by Gasteiger charge is 2.44. The summed E-state index contributed by atoms with van der Waals surface area (Å²) in [6.07, 6.45) is 4.29. The first-order valence-electron chi connectivity index (χ1n) is 8.51. The zero-order valence-electron chi connectivity index (χ0n) is 14.5. The van der Waals surface area contributed by atoms with Crippen molar-refractivity contribution in [2.75, 3.05) is 24.6 Å². The van der Waals surface area contributed by atoms with Gasteiger partial charge < -0.3 is 10.0 Å². The molecule has 2 aliphatic rings. The van der Waals surface area contributed by atoms with E-state index >= 15 is 0 Å². The highest BCUT2D eigenvalue weighted by atomic mass is 32.2. The zero-order chi connectivity index (χ0) is 18.0. The van der Waals surface area contributed by atoms with Crippen LogP contribution in [0.5, 0.6) is 0 Å². The standard InChI is InChI=1S/C17H27NO5S/c1-13(2)4-8-17(16(20)21)7-3-9-18(12-17)15(19)14-5-10-24(22,23)11-6-14/h4,14H,3,5-12H2,1-2H3,(H,20,21). The summed E-state index contributed by atoms with van der Waals surface area (Å²) in [5.41, 5.74) is 0.142. The second-order valence-electron chi connectivity index (χ2n) is 7.36. The molecule has 24 heavy (non-hydrogen) atoms. The molecule has 2 saturated heterocycles. The quantitative estimate of drug-likeness (QED) is 0.776. The summed E-state index contributed by atoms with van der Waals surface area (Å²) in [5.74, 6) is -1.12. The third-order valence-electron chi connectivity index (χ3n) is 5.15. The number of carboxylic acid groups (broad SMARTS) is 1. The molecule has 6 nitrogen and oxygen atoms in total. The molecule has 1 unspecified atom stereocenters. The van der Waals surface area contributed by atoms with Crippen molar-refractivity contribution in [3.63, 3.8) is 0 Å². The Morgan fingerprint density at radius 3 is 2.42 bits per heavy atom. The monoisotopic (exact) mass is 357 g/mol. The maximum absolute atomic E-state index is 12.7. The van der Waals surface area contributed by atoms with Crippen LogP contribution in [0.3, 0.4) is 0 Å².